The van der Waals surface area contributed by atoms with Crippen LogP contribution in [0.4, 0.5) is 0 Å². The molecule has 6 rings (SSSR count). The first-order valence-electron chi connectivity index (χ1n) is 8.97. The minimum Gasteiger partial charge on any atom is -0.423 e. The van der Waals surface area contributed by atoms with Gasteiger partial charge in [-0.2, -0.15) is 4.89 Å². The number of benzene rings is 1. The molecule has 4 bridgehead atoms. The predicted octanol–water partition coefficient (Wildman–Crippen LogP) is 1.32. The van der Waals surface area contributed by atoms with Crippen molar-refractivity contribution < 1.29 is 24.6 Å². The van der Waals surface area contributed by atoms with Gasteiger partial charge in [0.1, 0.15) is 0 Å². The second kappa shape index (κ2) is 5.05. The van der Waals surface area contributed by atoms with E-state index in [1.165, 1.54) is 32.1 Å². The molecule has 24 heavy (non-hydrogen) atoms. The van der Waals surface area contributed by atoms with Crippen LogP contribution in [0.2, 0.25) is 0 Å². The van der Waals surface area contributed by atoms with Gasteiger partial charge in [-0.05, 0) is 61.2 Å². The van der Waals surface area contributed by atoms with Gasteiger partial charge in [0.15, 0.2) is 5.60 Å². The molecule has 0 aromatic heterocycles. The number of hydrogen-bond acceptors (Lipinski definition) is 5. The molecular formula is C18H23BO5. The molecule has 1 aromatic rings. The van der Waals surface area contributed by atoms with E-state index in [0.717, 1.165) is 17.4 Å². The number of ether oxygens (including phenoxy) is 1. The maximum absolute atomic E-state index is 9.52. The molecule has 5 aliphatic rings. The molecule has 1 aromatic carbocycles. The zero-order valence-electron chi connectivity index (χ0n) is 13.9. The minimum atomic E-state index is -1.51. The average molecular weight is 330 g/mol. The third kappa shape index (κ3) is 1.73. The molecule has 0 radical (unpaired) electrons. The fraction of sp³-hybridized carbons (Fsp3) is 0.667. The van der Waals surface area contributed by atoms with Crippen LogP contribution >= 0.6 is 0 Å². The van der Waals surface area contributed by atoms with Gasteiger partial charge in [-0.25, -0.2) is 4.89 Å². The monoisotopic (exact) mass is 330 g/mol. The Bertz CT molecular complexity index is 631. The van der Waals surface area contributed by atoms with Crippen molar-refractivity contribution in [3.63, 3.8) is 0 Å². The molecule has 4 aliphatic carbocycles. The average Bonchev–Trinajstić information content (AvgIpc) is 2.54. The summed E-state index contributed by atoms with van der Waals surface area (Å²) < 4.78 is 5.96. The summed E-state index contributed by atoms with van der Waals surface area (Å²) in [5.41, 5.74) is 0.821. The van der Waals surface area contributed by atoms with Crippen molar-refractivity contribution in [1.82, 2.24) is 0 Å². The van der Waals surface area contributed by atoms with Gasteiger partial charge in [0.2, 0.25) is 0 Å². The van der Waals surface area contributed by atoms with Crippen LogP contribution < -0.4 is 5.46 Å². The van der Waals surface area contributed by atoms with Crippen LogP contribution in [0.3, 0.4) is 0 Å². The van der Waals surface area contributed by atoms with E-state index in [9.17, 15) is 10.0 Å². The van der Waals surface area contributed by atoms with Crippen molar-refractivity contribution >= 4 is 12.6 Å². The zero-order valence-corrected chi connectivity index (χ0v) is 13.9. The Kier molecular flexibility index (Phi) is 3.23. The summed E-state index contributed by atoms with van der Waals surface area (Å²) in [7, 11) is 0.159. The summed E-state index contributed by atoms with van der Waals surface area (Å²) in [5, 5.41) is 19.0. The number of hydrogen-bond donors (Lipinski definition) is 2. The maximum atomic E-state index is 9.52. The summed E-state index contributed by atoms with van der Waals surface area (Å²) in [4.78, 5) is 11.6. The van der Waals surface area contributed by atoms with E-state index >= 15 is 0 Å². The van der Waals surface area contributed by atoms with E-state index in [1.807, 2.05) is 12.1 Å². The number of methoxy groups -OCH3 is 1. The highest BCUT2D eigenvalue weighted by Gasteiger charge is 2.76. The maximum Gasteiger partial charge on any atom is 0.488 e. The van der Waals surface area contributed by atoms with Crippen LogP contribution in [0, 0.1) is 23.7 Å². The van der Waals surface area contributed by atoms with Crippen LogP contribution in [-0.2, 0) is 20.3 Å². The lowest BCUT2D eigenvalue weighted by atomic mass is 9.47. The van der Waals surface area contributed by atoms with Crippen molar-refractivity contribution in [2.24, 2.45) is 23.7 Å². The van der Waals surface area contributed by atoms with Crippen molar-refractivity contribution in [3.8, 4) is 0 Å². The van der Waals surface area contributed by atoms with Crippen LogP contribution in [0.1, 0.15) is 37.7 Å². The van der Waals surface area contributed by atoms with Crippen LogP contribution in [-0.4, -0.2) is 29.9 Å². The van der Waals surface area contributed by atoms with E-state index in [4.69, 9.17) is 14.5 Å². The summed E-state index contributed by atoms with van der Waals surface area (Å²) in [5.74, 6) is 1.60. The first-order valence-corrected chi connectivity index (χ1v) is 8.97. The molecule has 1 atom stereocenters. The summed E-state index contributed by atoms with van der Waals surface area (Å²) in [6, 6.07) is 7.21. The quantitative estimate of drug-likeness (QED) is 0.646. The van der Waals surface area contributed by atoms with Gasteiger partial charge in [-0.1, -0.05) is 24.3 Å². The fourth-order valence-corrected chi connectivity index (χ4v) is 6.26. The Morgan fingerprint density at radius 3 is 2.21 bits per heavy atom. The Labute approximate surface area is 142 Å². The van der Waals surface area contributed by atoms with Gasteiger partial charge in [-0.15, -0.1) is 0 Å². The highest BCUT2D eigenvalue weighted by molar-refractivity contribution is 6.58. The number of rotatable bonds is 3. The molecule has 5 fully saturated rings. The van der Waals surface area contributed by atoms with Gasteiger partial charge < -0.3 is 14.8 Å². The van der Waals surface area contributed by atoms with Crippen molar-refractivity contribution in [2.45, 2.75) is 43.5 Å². The van der Waals surface area contributed by atoms with Crippen molar-refractivity contribution in [2.75, 3.05) is 7.11 Å². The predicted molar refractivity (Wildman–Crippen MR) is 86.9 cm³/mol. The summed E-state index contributed by atoms with van der Waals surface area (Å²) >= 11 is 0. The molecule has 1 unspecified atom stereocenters. The van der Waals surface area contributed by atoms with Crippen molar-refractivity contribution in [1.29, 1.82) is 0 Å². The zero-order chi connectivity index (χ0) is 16.5. The lowest BCUT2D eigenvalue weighted by molar-refractivity contribution is -0.645. The Morgan fingerprint density at radius 2 is 1.71 bits per heavy atom. The molecule has 4 saturated carbocycles. The standard InChI is InChI=1S/C18H23BO5/c1-22-18(13-3-2-4-16(10-13)19(20)21)17(23-24-18)14-6-11-5-12(8-14)9-15(17)7-11/h2-4,10-12,14-15,20-21H,5-9H2,1H3. The molecule has 1 aliphatic heterocycles. The van der Waals surface area contributed by atoms with Crippen molar-refractivity contribution in [3.05, 3.63) is 29.8 Å². The highest BCUT2D eigenvalue weighted by Crippen LogP contribution is 2.69. The van der Waals surface area contributed by atoms with Crippen LogP contribution in [0.25, 0.3) is 0 Å². The van der Waals surface area contributed by atoms with E-state index in [0.29, 0.717) is 17.3 Å². The molecule has 2 N–H and O–H groups in total. The smallest absolute Gasteiger partial charge is 0.423 e. The fourth-order valence-electron chi connectivity index (χ4n) is 6.26. The Hall–Kier alpha value is -0.915. The third-order valence-electron chi connectivity index (χ3n) is 7.01. The third-order valence-corrected chi connectivity index (χ3v) is 7.01. The van der Waals surface area contributed by atoms with E-state index in [-0.39, 0.29) is 0 Å². The van der Waals surface area contributed by atoms with Crippen LogP contribution in [0.15, 0.2) is 24.3 Å². The second-order valence-electron chi connectivity index (χ2n) is 8.08. The van der Waals surface area contributed by atoms with Gasteiger partial charge in [-0.3, -0.25) is 0 Å². The van der Waals surface area contributed by atoms with Crippen LogP contribution in [0.5, 0.6) is 0 Å². The molecule has 5 nitrogen and oxygen atoms in total. The minimum absolute atomic E-state index is 0.436. The molecule has 128 valence electrons. The topological polar surface area (TPSA) is 68.2 Å². The van der Waals surface area contributed by atoms with Gasteiger partial charge in [0.05, 0.1) is 0 Å². The lowest BCUT2D eigenvalue weighted by Gasteiger charge is -2.68. The molecule has 1 spiro atoms. The highest BCUT2D eigenvalue weighted by atomic mass is 17.3. The van der Waals surface area contributed by atoms with E-state index in [2.05, 4.69) is 0 Å². The van der Waals surface area contributed by atoms with Gasteiger partial charge in [0, 0.05) is 12.7 Å². The molecular weight excluding hydrogens is 307 g/mol. The van der Waals surface area contributed by atoms with E-state index < -0.39 is 18.5 Å². The molecule has 1 saturated heterocycles. The Morgan fingerprint density at radius 1 is 1.04 bits per heavy atom. The van der Waals surface area contributed by atoms with Gasteiger partial charge in [0.25, 0.3) is 5.79 Å². The lowest BCUT2D eigenvalue weighted by Crippen LogP contribution is -2.76. The summed E-state index contributed by atoms with van der Waals surface area (Å²) in [6.45, 7) is 0. The largest absolute Gasteiger partial charge is 0.488 e. The SMILES string of the molecule is COC1(c2cccc(B(O)O)c2)OOC12C1CC3CC(C1)CC2C3. The first-order chi connectivity index (χ1) is 11.6. The Balaban J connectivity index is 1.60. The second-order valence-corrected chi connectivity index (χ2v) is 8.08. The summed E-state index contributed by atoms with van der Waals surface area (Å²) in [6.07, 6.45) is 6.11. The van der Waals surface area contributed by atoms with E-state index in [1.54, 1.807) is 19.2 Å². The molecule has 6 heteroatoms. The first kappa shape index (κ1) is 15.3. The normalized spacial score (nSPS) is 45.5. The molecule has 1 heterocycles. The van der Waals surface area contributed by atoms with Gasteiger partial charge >= 0.3 is 7.12 Å². The molecule has 0 amide bonds.